The van der Waals surface area contributed by atoms with Gasteiger partial charge in [0.15, 0.2) is 0 Å². The Labute approximate surface area is 131 Å². The average Bonchev–Trinajstić information content (AvgIpc) is 2.58. The standard InChI is InChI=1S/C17H12N4O2/c18-9-12-5-1-2-6-13(12)20-16(22)11-21-15-8-4-3-7-14(15)19-10-17(21)23/h1-8,10H,11H2,(H,20,22). The highest BCUT2D eigenvalue weighted by Gasteiger charge is 2.10. The number of nitriles is 1. The van der Waals surface area contributed by atoms with Crippen molar-refractivity contribution in [1.82, 2.24) is 9.55 Å². The first-order chi connectivity index (χ1) is 11.2. The molecule has 0 spiro atoms. The van der Waals surface area contributed by atoms with E-state index in [-0.39, 0.29) is 18.0 Å². The predicted molar refractivity (Wildman–Crippen MR) is 85.8 cm³/mol. The van der Waals surface area contributed by atoms with Gasteiger partial charge in [-0.25, -0.2) is 4.98 Å². The number of hydrogen-bond donors (Lipinski definition) is 1. The monoisotopic (exact) mass is 304 g/mol. The van der Waals surface area contributed by atoms with Gasteiger partial charge in [-0.1, -0.05) is 24.3 Å². The number of amides is 1. The van der Waals surface area contributed by atoms with Crippen molar-refractivity contribution < 1.29 is 4.79 Å². The van der Waals surface area contributed by atoms with E-state index in [4.69, 9.17) is 5.26 Å². The van der Waals surface area contributed by atoms with Crippen LogP contribution in [0.15, 0.2) is 59.5 Å². The van der Waals surface area contributed by atoms with Crippen LogP contribution in [-0.2, 0) is 11.3 Å². The first-order valence-electron chi connectivity index (χ1n) is 6.92. The topological polar surface area (TPSA) is 87.8 Å². The maximum Gasteiger partial charge on any atom is 0.269 e. The molecule has 0 aliphatic heterocycles. The van der Waals surface area contributed by atoms with Gasteiger partial charge in [0.25, 0.3) is 5.56 Å². The van der Waals surface area contributed by atoms with Gasteiger partial charge in [0.1, 0.15) is 12.6 Å². The number of anilines is 1. The van der Waals surface area contributed by atoms with Crippen molar-refractivity contribution in [3.05, 3.63) is 70.6 Å². The van der Waals surface area contributed by atoms with Crippen LogP contribution in [0.1, 0.15) is 5.56 Å². The van der Waals surface area contributed by atoms with Crippen LogP contribution >= 0.6 is 0 Å². The maximum absolute atomic E-state index is 12.2. The summed E-state index contributed by atoms with van der Waals surface area (Å²) in [5.41, 5.74) is 1.66. The molecule has 6 nitrogen and oxygen atoms in total. The Bertz CT molecular complexity index is 986. The lowest BCUT2D eigenvalue weighted by atomic mass is 10.2. The number of nitrogens with one attached hydrogen (secondary N) is 1. The predicted octanol–water partition coefficient (Wildman–Crippen LogP) is 1.91. The summed E-state index contributed by atoms with van der Waals surface area (Å²) >= 11 is 0. The van der Waals surface area contributed by atoms with E-state index in [2.05, 4.69) is 10.3 Å². The van der Waals surface area contributed by atoms with Crippen LogP contribution < -0.4 is 10.9 Å². The van der Waals surface area contributed by atoms with Gasteiger partial charge in [-0.3, -0.25) is 14.2 Å². The van der Waals surface area contributed by atoms with E-state index in [1.165, 1.54) is 10.8 Å². The highest BCUT2D eigenvalue weighted by atomic mass is 16.2. The zero-order chi connectivity index (χ0) is 16.2. The van der Waals surface area contributed by atoms with Gasteiger partial charge in [-0.05, 0) is 24.3 Å². The van der Waals surface area contributed by atoms with Crippen LogP contribution in [0, 0.1) is 11.3 Å². The smallest absolute Gasteiger partial charge is 0.269 e. The number of hydrogen-bond acceptors (Lipinski definition) is 4. The zero-order valence-electron chi connectivity index (χ0n) is 12.1. The molecule has 2 aromatic carbocycles. The minimum Gasteiger partial charge on any atom is -0.323 e. The lowest BCUT2D eigenvalue weighted by molar-refractivity contribution is -0.116. The molecule has 1 heterocycles. The maximum atomic E-state index is 12.2. The van der Waals surface area contributed by atoms with Crippen molar-refractivity contribution in [3.8, 4) is 6.07 Å². The Hall–Kier alpha value is -3.46. The van der Waals surface area contributed by atoms with Gasteiger partial charge in [-0.2, -0.15) is 5.26 Å². The van der Waals surface area contributed by atoms with Gasteiger partial charge in [0.2, 0.25) is 5.91 Å². The molecule has 3 aromatic rings. The third-order valence-electron chi connectivity index (χ3n) is 3.38. The fourth-order valence-corrected chi connectivity index (χ4v) is 2.30. The lowest BCUT2D eigenvalue weighted by Gasteiger charge is -2.10. The molecule has 0 saturated heterocycles. The van der Waals surface area contributed by atoms with Gasteiger partial charge in [-0.15, -0.1) is 0 Å². The molecule has 0 unspecified atom stereocenters. The molecule has 6 heteroatoms. The van der Waals surface area contributed by atoms with Crippen LogP contribution in [0.2, 0.25) is 0 Å². The molecule has 0 bridgehead atoms. The summed E-state index contributed by atoms with van der Waals surface area (Å²) in [6, 6.07) is 15.8. The van der Waals surface area contributed by atoms with Crippen molar-refractivity contribution in [2.45, 2.75) is 6.54 Å². The van der Waals surface area contributed by atoms with Gasteiger partial charge < -0.3 is 5.32 Å². The van der Waals surface area contributed by atoms with E-state index in [0.29, 0.717) is 22.3 Å². The minimum atomic E-state index is -0.383. The zero-order valence-corrected chi connectivity index (χ0v) is 12.1. The quantitative estimate of drug-likeness (QED) is 0.800. The first-order valence-corrected chi connectivity index (χ1v) is 6.92. The molecule has 0 saturated carbocycles. The normalized spacial score (nSPS) is 10.2. The molecule has 1 N–H and O–H groups in total. The summed E-state index contributed by atoms with van der Waals surface area (Å²) in [6.45, 7) is -0.151. The fourth-order valence-electron chi connectivity index (χ4n) is 2.30. The third kappa shape index (κ3) is 2.94. The van der Waals surface area contributed by atoms with Crippen LogP contribution in [0.5, 0.6) is 0 Å². The van der Waals surface area contributed by atoms with Crippen molar-refractivity contribution >= 4 is 22.6 Å². The van der Waals surface area contributed by atoms with Crippen LogP contribution in [-0.4, -0.2) is 15.5 Å². The summed E-state index contributed by atoms with van der Waals surface area (Å²) in [7, 11) is 0. The molecule has 1 aromatic heterocycles. The van der Waals surface area contributed by atoms with E-state index >= 15 is 0 Å². The molecule has 0 aliphatic rings. The van der Waals surface area contributed by atoms with Crippen LogP contribution in [0.3, 0.4) is 0 Å². The Morgan fingerprint density at radius 3 is 2.74 bits per heavy atom. The molecule has 0 radical (unpaired) electrons. The summed E-state index contributed by atoms with van der Waals surface area (Å²) in [6.07, 6.45) is 1.19. The molecule has 0 atom stereocenters. The summed E-state index contributed by atoms with van der Waals surface area (Å²) in [4.78, 5) is 28.3. The van der Waals surface area contributed by atoms with Gasteiger partial charge >= 0.3 is 0 Å². The summed E-state index contributed by atoms with van der Waals surface area (Å²) in [5, 5.41) is 11.7. The van der Waals surface area contributed by atoms with Crippen LogP contribution in [0.4, 0.5) is 5.69 Å². The Balaban J connectivity index is 1.91. The number of carbonyl (C=O) groups is 1. The molecular weight excluding hydrogens is 292 g/mol. The Morgan fingerprint density at radius 2 is 1.91 bits per heavy atom. The highest BCUT2D eigenvalue weighted by Crippen LogP contribution is 2.14. The molecule has 112 valence electrons. The van der Waals surface area contributed by atoms with Gasteiger partial charge in [0, 0.05) is 0 Å². The van der Waals surface area contributed by atoms with E-state index in [1.807, 2.05) is 12.1 Å². The van der Waals surface area contributed by atoms with E-state index in [0.717, 1.165) is 0 Å². The largest absolute Gasteiger partial charge is 0.323 e. The third-order valence-corrected chi connectivity index (χ3v) is 3.38. The highest BCUT2D eigenvalue weighted by molar-refractivity contribution is 5.92. The second-order valence-corrected chi connectivity index (χ2v) is 4.88. The van der Waals surface area contributed by atoms with E-state index in [9.17, 15) is 9.59 Å². The number of fused-ring (bicyclic) bond motifs is 1. The van der Waals surface area contributed by atoms with Crippen molar-refractivity contribution in [3.63, 3.8) is 0 Å². The van der Waals surface area contributed by atoms with Crippen molar-refractivity contribution in [1.29, 1.82) is 5.26 Å². The second kappa shape index (κ2) is 6.12. The molecule has 0 fully saturated rings. The first kappa shape index (κ1) is 14.5. The molecule has 1 amide bonds. The van der Waals surface area contributed by atoms with E-state index in [1.54, 1.807) is 42.5 Å². The van der Waals surface area contributed by atoms with Crippen molar-refractivity contribution in [2.75, 3.05) is 5.32 Å². The van der Waals surface area contributed by atoms with E-state index < -0.39 is 0 Å². The second-order valence-electron chi connectivity index (χ2n) is 4.88. The lowest BCUT2D eigenvalue weighted by Crippen LogP contribution is -2.28. The Kier molecular flexibility index (Phi) is 3.85. The number of aromatic nitrogens is 2. The molecular formula is C17H12N4O2. The Morgan fingerprint density at radius 1 is 1.17 bits per heavy atom. The minimum absolute atomic E-state index is 0.151. The number of benzene rings is 2. The van der Waals surface area contributed by atoms with Crippen molar-refractivity contribution in [2.24, 2.45) is 0 Å². The summed E-state index contributed by atoms with van der Waals surface area (Å²) in [5.74, 6) is -0.383. The number of nitrogens with zero attached hydrogens (tertiary/aromatic N) is 3. The number of rotatable bonds is 3. The number of para-hydroxylation sites is 3. The van der Waals surface area contributed by atoms with Crippen LogP contribution in [0.25, 0.3) is 11.0 Å². The fraction of sp³-hybridized carbons (Fsp3) is 0.0588. The average molecular weight is 304 g/mol. The molecule has 3 rings (SSSR count). The van der Waals surface area contributed by atoms with Gasteiger partial charge in [0.05, 0.1) is 28.5 Å². The SMILES string of the molecule is N#Cc1ccccc1NC(=O)Cn1c(=O)cnc2ccccc21. The number of carbonyl (C=O) groups excluding carboxylic acids is 1. The molecule has 0 aliphatic carbocycles. The summed E-state index contributed by atoms with van der Waals surface area (Å²) < 4.78 is 1.35. The molecule has 23 heavy (non-hydrogen) atoms.